The van der Waals surface area contributed by atoms with E-state index in [2.05, 4.69) is 9.98 Å². The zero-order chi connectivity index (χ0) is 20.0. The normalized spacial score (nSPS) is 16.4. The largest absolute Gasteiger partial charge is 0.486 e. The molecule has 0 amide bonds. The first-order valence-electron chi connectivity index (χ1n) is 8.81. The molecule has 0 aliphatic carbocycles. The van der Waals surface area contributed by atoms with Gasteiger partial charge in [0.05, 0.1) is 10.2 Å². The summed E-state index contributed by atoms with van der Waals surface area (Å²) in [4.78, 5) is 20.1. The molecule has 0 saturated carbocycles. The Balaban J connectivity index is 1.45. The van der Waals surface area contributed by atoms with Crippen LogP contribution in [0.3, 0.4) is 0 Å². The number of aliphatic imine (C=N–C) groups is 1. The van der Waals surface area contributed by atoms with Gasteiger partial charge in [-0.1, -0.05) is 6.07 Å². The molecule has 3 N–H and O–H groups in total. The van der Waals surface area contributed by atoms with Crippen molar-refractivity contribution in [2.45, 2.75) is 12.6 Å². The van der Waals surface area contributed by atoms with Crippen LogP contribution < -0.4 is 10.5 Å². The summed E-state index contributed by atoms with van der Waals surface area (Å²) in [6.45, 7) is 0.303. The topological polar surface area (TPSA) is 111 Å². The molecule has 5 rings (SSSR count). The van der Waals surface area contributed by atoms with Gasteiger partial charge in [-0.15, -0.1) is 23.1 Å². The highest BCUT2D eigenvalue weighted by molar-refractivity contribution is 8.15. The van der Waals surface area contributed by atoms with Crippen LogP contribution in [0.4, 0.5) is 5.88 Å². The van der Waals surface area contributed by atoms with E-state index in [1.807, 2.05) is 30.3 Å². The lowest BCUT2D eigenvalue weighted by molar-refractivity contribution is -0.137. The lowest BCUT2D eigenvalue weighted by Gasteiger charge is -2.06. The zero-order valence-corrected chi connectivity index (χ0v) is 16.6. The van der Waals surface area contributed by atoms with Gasteiger partial charge in [-0.05, 0) is 35.7 Å². The third-order valence-corrected chi connectivity index (χ3v) is 6.82. The summed E-state index contributed by atoms with van der Waals surface area (Å²) in [6.07, 6.45) is 0. The SMILES string of the molecule is Nc1ccc(COc2ccc3c(ccc4nc(C5=NC(C(=O)O)CS5)sc43)c2)o1. The Morgan fingerprint density at radius 2 is 2.17 bits per heavy atom. The Hall–Kier alpha value is -3.04. The molecule has 0 spiro atoms. The fourth-order valence-electron chi connectivity index (χ4n) is 3.12. The molecule has 29 heavy (non-hydrogen) atoms. The smallest absolute Gasteiger partial charge is 0.329 e. The first-order valence-corrected chi connectivity index (χ1v) is 10.6. The van der Waals surface area contributed by atoms with Crippen LogP contribution in [0.2, 0.25) is 0 Å². The van der Waals surface area contributed by atoms with Gasteiger partial charge in [0, 0.05) is 17.2 Å². The number of hydrogen-bond acceptors (Lipinski definition) is 8. The highest BCUT2D eigenvalue weighted by Gasteiger charge is 2.27. The van der Waals surface area contributed by atoms with E-state index >= 15 is 0 Å². The fraction of sp³-hybridized carbons (Fsp3) is 0.150. The van der Waals surface area contributed by atoms with Crippen molar-refractivity contribution in [3.63, 3.8) is 0 Å². The molecule has 4 aromatic rings. The van der Waals surface area contributed by atoms with Gasteiger partial charge in [0.1, 0.15) is 28.2 Å². The standard InChI is InChI=1S/C20H15N3O4S2/c21-16-6-3-12(27-16)8-26-11-2-4-13-10(7-11)1-5-14-17(13)29-19(22-14)18-23-15(9-28-18)20(24)25/h1-7,15H,8-9,21H2,(H,24,25). The molecule has 0 radical (unpaired) electrons. The molecule has 0 fully saturated rings. The number of carbonyl (C=O) groups is 1. The number of aliphatic carboxylic acids is 1. The van der Waals surface area contributed by atoms with Gasteiger partial charge < -0.3 is 20.0 Å². The monoisotopic (exact) mass is 425 g/mol. The number of carboxylic acids is 1. The molecular weight excluding hydrogens is 410 g/mol. The molecule has 1 unspecified atom stereocenters. The number of furan rings is 1. The predicted molar refractivity (Wildman–Crippen MR) is 115 cm³/mol. The van der Waals surface area contributed by atoms with Gasteiger partial charge in [-0.25, -0.2) is 9.78 Å². The van der Waals surface area contributed by atoms with Crippen molar-refractivity contribution in [1.82, 2.24) is 4.98 Å². The van der Waals surface area contributed by atoms with Crippen molar-refractivity contribution in [3.8, 4) is 5.75 Å². The van der Waals surface area contributed by atoms with Crippen LogP contribution >= 0.6 is 23.1 Å². The van der Waals surface area contributed by atoms with Crippen LogP contribution in [0, 0.1) is 0 Å². The van der Waals surface area contributed by atoms with E-state index in [0.29, 0.717) is 29.0 Å². The molecule has 7 nitrogen and oxygen atoms in total. The molecule has 9 heteroatoms. The summed E-state index contributed by atoms with van der Waals surface area (Å²) in [5.74, 6) is 1.31. The van der Waals surface area contributed by atoms with E-state index in [-0.39, 0.29) is 0 Å². The number of anilines is 1. The van der Waals surface area contributed by atoms with E-state index in [9.17, 15) is 4.79 Å². The Morgan fingerprint density at radius 1 is 1.28 bits per heavy atom. The molecule has 0 saturated heterocycles. The molecule has 3 heterocycles. The van der Waals surface area contributed by atoms with Gasteiger partial charge in [-0.2, -0.15) is 0 Å². The lowest BCUT2D eigenvalue weighted by Crippen LogP contribution is -2.17. The van der Waals surface area contributed by atoms with Gasteiger partial charge in [0.2, 0.25) is 0 Å². The number of ether oxygens (including phenoxy) is 1. The quantitative estimate of drug-likeness (QED) is 0.494. The summed E-state index contributed by atoms with van der Waals surface area (Å²) in [5.41, 5.74) is 6.45. The number of rotatable bonds is 5. The number of aromatic nitrogens is 1. The average molecular weight is 425 g/mol. The minimum absolute atomic E-state index is 0.303. The van der Waals surface area contributed by atoms with Crippen LogP contribution in [-0.4, -0.2) is 32.9 Å². The summed E-state index contributed by atoms with van der Waals surface area (Å²) in [6, 6.07) is 12.7. The summed E-state index contributed by atoms with van der Waals surface area (Å²) < 4.78 is 12.2. The van der Waals surface area contributed by atoms with E-state index in [1.54, 1.807) is 12.1 Å². The Bertz CT molecular complexity index is 1280. The van der Waals surface area contributed by atoms with Crippen LogP contribution in [0.25, 0.3) is 21.0 Å². The minimum Gasteiger partial charge on any atom is -0.486 e. The van der Waals surface area contributed by atoms with Gasteiger partial charge in [0.25, 0.3) is 0 Å². The molecule has 0 bridgehead atoms. The Kier molecular flexibility index (Phi) is 4.40. The van der Waals surface area contributed by atoms with Gasteiger partial charge in [-0.3, -0.25) is 4.99 Å². The Morgan fingerprint density at radius 3 is 2.93 bits per heavy atom. The van der Waals surface area contributed by atoms with Crippen LogP contribution in [0.15, 0.2) is 51.9 Å². The maximum atomic E-state index is 11.1. The van der Waals surface area contributed by atoms with Gasteiger partial charge in [0.15, 0.2) is 11.9 Å². The number of nitrogens with zero attached hydrogens (tertiary/aromatic N) is 2. The highest BCUT2D eigenvalue weighted by atomic mass is 32.2. The van der Waals surface area contributed by atoms with Crippen LogP contribution in [0.5, 0.6) is 5.75 Å². The summed E-state index contributed by atoms with van der Waals surface area (Å²) >= 11 is 2.97. The van der Waals surface area contributed by atoms with Crippen LogP contribution in [0.1, 0.15) is 10.8 Å². The number of fused-ring (bicyclic) bond motifs is 3. The maximum absolute atomic E-state index is 11.1. The van der Waals surface area contributed by atoms with Crippen LogP contribution in [-0.2, 0) is 11.4 Å². The van der Waals surface area contributed by atoms with E-state index in [0.717, 1.165) is 31.7 Å². The first-order chi connectivity index (χ1) is 14.1. The first kappa shape index (κ1) is 18.0. The van der Waals surface area contributed by atoms with Crippen molar-refractivity contribution < 1.29 is 19.1 Å². The third-order valence-electron chi connectivity index (χ3n) is 4.52. The molecule has 1 aliphatic rings. The molecular formula is C20H15N3O4S2. The second kappa shape index (κ2) is 7.09. The molecule has 1 aliphatic heterocycles. The molecule has 1 atom stereocenters. The van der Waals surface area contributed by atoms with E-state index in [1.165, 1.54) is 23.1 Å². The van der Waals surface area contributed by atoms with Gasteiger partial charge >= 0.3 is 5.97 Å². The van der Waals surface area contributed by atoms with Crippen molar-refractivity contribution in [2.24, 2.45) is 4.99 Å². The zero-order valence-electron chi connectivity index (χ0n) is 15.0. The highest BCUT2D eigenvalue weighted by Crippen LogP contribution is 2.35. The second-order valence-electron chi connectivity index (χ2n) is 6.51. The predicted octanol–water partition coefficient (Wildman–Crippen LogP) is 4.15. The maximum Gasteiger partial charge on any atom is 0.329 e. The number of carboxylic acid groups (broad SMARTS) is 1. The number of hydrogen-bond donors (Lipinski definition) is 2. The number of nitrogen functional groups attached to an aromatic ring is 1. The number of benzene rings is 2. The molecule has 146 valence electrons. The Labute approximate surface area is 173 Å². The average Bonchev–Trinajstić information content (AvgIpc) is 3.44. The van der Waals surface area contributed by atoms with Crippen molar-refractivity contribution in [2.75, 3.05) is 11.5 Å². The van der Waals surface area contributed by atoms with E-state index in [4.69, 9.17) is 20.0 Å². The summed E-state index contributed by atoms with van der Waals surface area (Å²) in [5, 5.41) is 12.7. The van der Waals surface area contributed by atoms with Crippen molar-refractivity contribution in [3.05, 3.63) is 53.2 Å². The number of thioether (sulfide) groups is 1. The van der Waals surface area contributed by atoms with E-state index < -0.39 is 12.0 Å². The minimum atomic E-state index is -0.899. The molecule has 2 aromatic carbocycles. The lowest BCUT2D eigenvalue weighted by atomic mass is 10.1. The number of nitrogens with two attached hydrogens (primary N) is 1. The summed E-state index contributed by atoms with van der Waals surface area (Å²) in [7, 11) is 0. The third kappa shape index (κ3) is 3.43. The second-order valence-corrected chi connectivity index (χ2v) is 8.52. The number of thiazole rings is 1. The fourth-order valence-corrected chi connectivity index (χ4v) is 5.31. The van der Waals surface area contributed by atoms with Crippen molar-refractivity contribution >= 4 is 61.0 Å². The van der Waals surface area contributed by atoms with Crippen molar-refractivity contribution in [1.29, 1.82) is 0 Å². The molecule has 2 aromatic heterocycles.